The van der Waals surface area contributed by atoms with Crippen LogP contribution in [0, 0.1) is 12.7 Å². The fourth-order valence-electron chi connectivity index (χ4n) is 3.62. The maximum atomic E-state index is 13.7. The molecule has 3 rings (SSSR count). The van der Waals surface area contributed by atoms with Crippen molar-refractivity contribution in [1.82, 2.24) is 20.5 Å². The lowest BCUT2D eigenvalue weighted by Crippen LogP contribution is -2.48. The number of carbonyl (C=O) groups is 4. The Balaban J connectivity index is 0.00000260. The van der Waals surface area contributed by atoms with Gasteiger partial charge in [-0.25, -0.2) is 9.18 Å². The number of amides is 4. The number of nitrogens with zero attached hydrogens (tertiary/aromatic N) is 1. The molecule has 39 heavy (non-hydrogen) atoms. The number of nitrogens with one attached hydrogen (secondary N) is 4. The van der Waals surface area contributed by atoms with Gasteiger partial charge in [-0.05, 0) is 64.5 Å². The van der Waals surface area contributed by atoms with E-state index in [4.69, 9.17) is 4.74 Å². The van der Waals surface area contributed by atoms with Gasteiger partial charge in [0.25, 0.3) is 11.8 Å². The van der Waals surface area contributed by atoms with E-state index in [1.54, 1.807) is 40.7 Å². The number of aromatic amines is 1. The Bertz CT molecular complexity index is 1260. The van der Waals surface area contributed by atoms with Crippen LogP contribution in [-0.4, -0.2) is 65.5 Å². The molecule has 2 aromatic rings. The minimum absolute atomic E-state index is 0.153. The third kappa shape index (κ3) is 7.92. The molecule has 1 aromatic heterocycles. The van der Waals surface area contributed by atoms with Gasteiger partial charge in [-0.2, -0.15) is 0 Å². The summed E-state index contributed by atoms with van der Waals surface area (Å²) in [5, 5.41) is 8.09. The molecule has 0 aliphatic carbocycles. The number of likely N-dealkylation sites (N-methyl/N-ethyl adjacent to an activating group) is 1. The van der Waals surface area contributed by atoms with Crippen molar-refractivity contribution >= 4 is 41.2 Å². The van der Waals surface area contributed by atoms with Gasteiger partial charge < -0.3 is 25.7 Å². The van der Waals surface area contributed by atoms with Crippen LogP contribution in [0.4, 0.5) is 14.9 Å². The highest BCUT2D eigenvalue weighted by Gasteiger charge is 2.27. The molecule has 1 aromatic carbocycles. The average Bonchev–Trinajstić information content (AvgIpc) is 3.39. The summed E-state index contributed by atoms with van der Waals surface area (Å²) < 4.78 is 19.0. The van der Waals surface area contributed by atoms with Crippen LogP contribution in [0.25, 0.3) is 11.6 Å². The Kier molecular flexibility index (Phi) is 10.4. The van der Waals surface area contributed by atoms with Crippen LogP contribution >= 0.6 is 0 Å². The second-order valence-corrected chi connectivity index (χ2v) is 9.76. The van der Waals surface area contributed by atoms with E-state index in [9.17, 15) is 23.6 Å². The van der Waals surface area contributed by atoms with Gasteiger partial charge >= 0.3 is 6.09 Å². The molecule has 212 valence electrons. The summed E-state index contributed by atoms with van der Waals surface area (Å²) in [5.41, 5.74) is 2.11. The molecule has 1 aliphatic rings. The lowest BCUT2D eigenvalue weighted by Gasteiger charge is -2.28. The molecule has 4 amide bonds. The monoisotopic (exact) mass is 543 g/mol. The van der Waals surface area contributed by atoms with Crippen molar-refractivity contribution in [3.8, 4) is 0 Å². The van der Waals surface area contributed by atoms with Gasteiger partial charge in [0.1, 0.15) is 17.5 Å². The number of hydrogen-bond donors (Lipinski definition) is 4. The summed E-state index contributed by atoms with van der Waals surface area (Å²) in [6, 6.07) is 3.29. The first kappa shape index (κ1) is 31.1. The number of carbonyl (C=O) groups excluding carboxylic acids is 4. The van der Waals surface area contributed by atoms with Crippen LogP contribution in [0.5, 0.6) is 0 Å². The predicted octanol–water partition coefficient (Wildman–Crippen LogP) is 4.08. The van der Waals surface area contributed by atoms with Gasteiger partial charge in [0.2, 0.25) is 5.91 Å². The molecular weight excluding hydrogens is 505 g/mol. The normalized spacial score (nSPS) is 14.0. The van der Waals surface area contributed by atoms with Crippen LogP contribution in [-0.2, 0) is 14.3 Å². The van der Waals surface area contributed by atoms with E-state index in [1.807, 2.05) is 13.8 Å². The summed E-state index contributed by atoms with van der Waals surface area (Å²) in [7, 11) is 1.48. The van der Waals surface area contributed by atoms with E-state index in [0.717, 1.165) is 0 Å². The lowest BCUT2D eigenvalue weighted by atomic mass is 10.0. The van der Waals surface area contributed by atoms with Crippen LogP contribution in [0.15, 0.2) is 24.4 Å². The minimum atomic E-state index is -0.764. The van der Waals surface area contributed by atoms with Gasteiger partial charge in [-0.15, -0.1) is 0 Å². The number of ether oxygens (including phenoxy) is 1. The zero-order valence-electron chi connectivity index (χ0n) is 23.7. The summed E-state index contributed by atoms with van der Waals surface area (Å²) in [6.07, 6.45) is 2.49. The Morgan fingerprint density at radius 2 is 1.79 bits per heavy atom. The number of halogens is 1. The standard InChI is InChI=1S/C26H32FN5O5.C2H6/c1-14-19(13-30-21(14)12-18-17-11-16(27)7-8-20(17)31-24(18)35)23(34)29-10-9-28-22(33)15(2)32(6)25(36)37-26(3,4)5;1-2/h7-8,11-13,15,30H,9-10H2,1-6H3,(H,28,33)(H,29,34)(H,31,35);1-2H3/b18-12-;. The predicted molar refractivity (Wildman–Crippen MR) is 149 cm³/mol. The van der Waals surface area contributed by atoms with Crippen molar-refractivity contribution in [2.24, 2.45) is 0 Å². The molecule has 0 saturated carbocycles. The molecular formula is C28H38FN5O5. The third-order valence-corrected chi connectivity index (χ3v) is 5.83. The first-order chi connectivity index (χ1) is 18.3. The maximum Gasteiger partial charge on any atom is 0.410 e. The SMILES string of the molecule is CC.Cc1c(C(=O)NCCNC(=O)C(C)N(C)C(=O)OC(C)(C)C)c[nH]c1/C=C1\C(=O)Nc2ccc(F)cc21. The molecule has 0 radical (unpaired) electrons. The number of rotatable bonds is 7. The van der Waals surface area contributed by atoms with Gasteiger partial charge in [-0.1, -0.05) is 13.8 Å². The summed E-state index contributed by atoms with van der Waals surface area (Å²) >= 11 is 0. The van der Waals surface area contributed by atoms with Crippen molar-refractivity contribution in [3.05, 3.63) is 52.6 Å². The minimum Gasteiger partial charge on any atom is -0.444 e. The molecule has 1 aliphatic heterocycles. The van der Waals surface area contributed by atoms with Crippen LogP contribution < -0.4 is 16.0 Å². The van der Waals surface area contributed by atoms with Crippen LogP contribution in [0.3, 0.4) is 0 Å². The van der Waals surface area contributed by atoms with Crippen molar-refractivity contribution in [3.63, 3.8) is 0 Å². The van der Waals surface area contributed by atoms with Crippen molar-refractivity contribution in [2.75, 3.05) is 25.5 Å². The zero-order valence-corrected chi connectivity index (χ0v) is 23.7. The summed E-state index contributed by atoms with van der Waals surface area (Å²) in [5.74, 6) is -1.57. The third-order valence-electron chi connectivity index (χ3n) is 5.83. The van der Waals surface area contributed by atoms with Gasteiger partial charge in [0.05, 0.1) is 11.1 Å². The van der Waals surface area contributed by atoms with E-state index in [2.05, 4.69) is 20.9 Å². The number of anilines is 1. The van der Waals surface area contributed by atoms with Crippen LogP contribution in [0.2, 0.25) is 0 Å². The molecule has 10 nitrogen and oxygen atoms in total. The number of fused-ring (bicyclic) bond motifs is 1. The average molecular weight is 544 g/mol. The fourth-order valence-corrected chi connectivity index (χ4v) is 3.62. The smallest absolute Gasteiger partial charge is 0.410 e. The van der Waals surface area contributed by atoms with E-state index in [1.165, 1.54) is 36.3 Å². The molecule has 0 spiro atoms. The van der Waals surface area contributed by atoms with Gasteiger partial charge in [0, 0.05) is 43.3 Å². The Hall–Kier alpha value is -4.15. The highest BCUT2D eigenvalue weighted by Crippen LogP contribution is 2.34. The van der Waals surface area contributed by atoms with E-state index < -0.39 is 23.6 Å². The summed E-state index contributed by atoms with van der Waals surface area (Å²) in [6.45, 7) is 12.8. The molecule has 4 N–H and O–H groups in total. The molecule has 0 bridgehead atoms. The Morgan fingerprint density at radius 1 is 1.15 bits per heavy atom. The quantitative estimate of drug-likeness (QED) is 0.309. The van der Waals surface area contributed by atoms with Crippen molar-refractivity contribution < 1.29 is 28.3 Å². The number of hydrogen-bond acceptors (Lipinski definition) is 5. The second kappa shape index (κ2) is 13.1. The summed E-state index contributed by atoms with van der Waals surface area (Å²) in [4.78, 5) is 53.7. The molecule has 1 atom stereocenters. The topological polar surface area (TPSA) is 133 Å². The van der Waals surface area contributed by atoms with Gasteiger partial charge in [-0.3, -0.25) is 19.3 Å². The Labute approximate surface area is 228 Å². The van der Waals surface area contributed by atoms with Crippen LogP contribution in [0.1, 0.15) is 68.7 Å². The number of benzene rings is 1. The first-order valence-electron chi connectivity index (χ1n) is 12.8. The molecule has 0 saturated heterocycles. The van der Waals surface area contributed by atoms with Crippen molar-refractivity contribution in [2.45, 2.75) is 60.1 Å². The zero-order chi connectivity index (χ0) is 29.5. The molecule has 2 heterocycles. The highest BCUT2D eigenvalue weighted by molar-refractivity contribution is 6.34. The lowest BCUT2D eigenvalue weighted by molar-refractivity contribution is -0.125. The second-order valence-electron chi connectivity index (χ2n) is 9.76. The molecule has 0 fully saturated rings. The van der Waals surface area contributed by atoms with Gasteiger partial charge in [0.15, 0.2) is 0 Å². The van der Waals surface area contributed by atoms with E-state index in [0.29, 0.717) is 33.6 Å². The molecule has 1 unspecified atom stereocenters. The maximum absolute atomic E-state index is 13.7. The number of H-pyrrole nitrogens is 1. The Morgan fingerprint density at radius 3 is 2.44 bits per heavy atom. The largest absolute Gasteiger partial charge is 0.444 e. The first-order valence-corrected chi connectivity index (χ1v) is 12.8. The highest BCUT2D eigenvalue weighted by atomic mass is 19.1. The van der Waals surface area contributed by atoms with Crippen molar-refractivity contribution in [1.29, 1.82) is 0 Å². The fraction of sp³-hybridized carbons (Fsp3) is 0.429. The molecule has 11 heteroatoms. The van der Waals surface area contributed by atoms with E-state index >= 15 is 0 Å². The van der Waals surface area contributed by atoms with E-state index in [-0.39, 0.29) is 30.8 Å². The number of aromatic nitrogens is 1.